The van der Waals surface area contributed by atoms with Gasteiger partial charge in [0.25, 0.3) is 5.91 Å². The number of halogens is 3. The van der Waals surface area contributed by atoms with Crippen LogP contribution in [0.25, 0.3) is 0 Å². The molecule has 0 aliphatic rings. The molecule has 0 fully saturated rings. The largest absolute Gasteiger partial charge is 0.343 e. The number of hydrogen-bond donors (Lipinski definition) is 2. The quantitative estimate of drug-likeness (QED) is 0.739. The minimum Gasteiger partial charge on any atom is -0.343 e. The van der Waals surface area contributed by atoms with Crippen LogP contribution < -0.4 is 10.6 Å². The first kappa shape index (κ1) is 21.0. The van der Waals surface area contributed by atoms with Gasteiger partial charge in [-0.1, -0.05) is 53.0 Å². The van der Waals surface area contributed by atoms with Crippen LogP contribution in [0.2, 0.25) is 15.1 Å². The van der Waals surface area contributed by atoms with E-state index in [9.17, 15) is 14.4 Å². The van der Waals surface area contributed by atoms with Crippen LogP contribution in [-0.4, -0.2) is 42.8 Å². The van der Waals surface area contributed by atoms with Crippen LogP contribution in [0.3, 0.4) is 0 Å². The van der Waals surface area contributed by atoms with E-state index in [2.05, 4.69) is 10.6 Å². The Labute approximate surface area is 171 Å². The van der Waals surface area contributed by atoms with Gasteiger partial charge in [-0.2, -0.15) is 0 Å². The molecule has 9 heteroatoms. The minimum atomic E-state index is -0.477. The zero-order valence-electron chi connectivity index (χ0n) is 14.3. The molecule has 2 rings (SSSR count). The fraction of sp³-hybridized carbons (Fsp3) is 0.167. The molecule has 0 aromatic heterocycles. The third-order valence-electron chi connectivity index (χ3n) is 3.55. The lowest BCUT2D eigenvalue weighted by Gasteiger charge is -2.18. The van der Waals surface area contributed by atoms with Gasteiger partial charge in [-0.25, -0.2) is 0 Å². The van der Waals surface area contributed by atoms with Crippen molar-refractivity contribution in [2.75, 3.05) is 25.5 Å². The Morgan fingerprint density at radius 3 is 2.15 bits per heavy atom. The lowest BCUT2D eigenvalue weighted by Crippen LogP contribution is -2.41. The highest BCUT2D eigenvalue weighted by molar-refractivity contribution is 6.39. The van der Waals surface area contributed by atoms with Crippen LogP contribution in [-0.2, 0) is 9.59 Å². The van der Waals surface area contributed by atoms with Crippen molar-refractivity contribution >= 4 is 58.2 Å². The molecule has 142 valence electrons. The van der Waals surface area contributed by atoms with Gasteiger partial charge in [-0.3, -0.25) is 14.4 Å². The lowest BCUT2D eigenvalue weighted by molar-refractivity contribution is -0.132. The Balaban J connectivity index is 1.87. The highest BCUT2D eigenvalue weighted by Crippen LogP contribution is 2.29. The molecule has 0 radical (unpaired) electrons. The molecule has 0 bridgehead atoms. The second kappa shape index (κ2) is 9.60. The molecule has 0 saturated carbocycles. The lowest BCUT2D eigenvalue weighted by atomic mass is 10.2. The second-order valence-corrected chi connectivity index (χ2v) is 6.78. The molecule has 3 amide bonds. The maximum absolute atomic E-state index is 12.1. The molecule has 2 N–H and O–H groups in total. The summed E-state index contributed by atoms with van der Waals surface area (Å²) >= 11 is 17.9. The number of amides is 3. The molecule has 0 saturated heterocycles. The molecule has 0 unspecified atom stereocenters. The molecular weight excluding hydrogens is 413 g/mol. The van der Waals surface area contributed by atoms with Crippen molar-refractivity contribution in [1.29, 1.82) is 0 Å². The van der Waals surface area contributed by atoms with E-state index in [0.29, 0.717) is 0 Å². The van der Waals surface area contributed by atoms with Crippen molar-refractivity contribution in [3.05, 3.63) is 63.1 Å². The molecule has 0 spiro atoms. The summed E-state index contributed by atoms with van der Waals surface area (Å²) in [4.78, 5) is 37.5. The van der Waals surface area contributed by atoms with Gasteiger partial charge in [0.1, 0.15) is 0 Å². The molecule has 27 heavy (non-hydrogen) atoms. The van der Waals surface area contributed by atoms with Crippen LogP contribution in [0, 0.1) is 0 Å². The van der Waals surface area contributed by atoms with Crippen molar-refractivity contribution in [2.45, 2.75) is 0 Å². The van der Waals surface area contributed by atoms with Gasteiger partial charge in [0.2, 0.25) is 11.8 Å². The number of carbonyl (C=O) groups is 3. The third kappa shape index (κ3) is 5.85. The summed E-state index contributed by atoms with van der Waals surface area (Å²) in [5, 5.41) is 5.90. The SMILES string of the molecule is CN(CC(=O)Nc1c(Cl)cccc1Cl)C(=O)CNC(=O)c1ccccc1Cl. The second-order valence-electron chi connectivity index (χ2n) is 5.56. The Bertz CT molecular complexity index is 854. The molecule has 0 atom stereocenters. The van der Waals surface area contributed by atoms with E-state index in [1.807, 2.05) is 0 Å². The molecule has 6 nitrogen and oxygen atoms in total. The standard InChI is InChI=1S/C18H16Cl3N3O3/c1-24(10-15(25)23-17-13(20)7-4-8-14(17)21)16(26)9-22-18(27)11-5-2-3-6-12(11)19/h2-8H,9-10H2,1H3,(H,22,27)(H,23,25). The van der Waals surface area contributed by atoms with E-state index in [1.165, 1.54) is 11.9 Å². The van der Waals surface area contributed by atoms with Crippen molar-refractivity contribution in [1.82, 2.24) is 10.2 Å². The van der Waals surface area contributed by atoms with Crippen LogP contribution in [0.1, 0.15) is 10.4 Å². The third-order valence-corrected chi connectivity index (χ3v) is 4.51. The molecule has 2 aromatic carbocycles. The van der Waals surface area contributed by atoms with E-state index >= 15 is 0 Å². The molecule has 0 aliphatic carbocycles. The predicted molar refractivity (Wildman–Crippen MR) is 107 cm³/mol. The van der Waals surface area contributed by atoms with E-state index in [-0.39, 0.29) is 39.4 Å². The topological polar surface area (TPSA) is 78.5 Å². The van der Waals surface area contributed by atoms with E-state index < -0.39 is 17.7 Å². The number of nitrogens with one attached hydrogen (secondary N) is 2. The average molecular weight is 429 g/mol. The zero-order valence-corrected chi connectivity index (χ0v) is 16.5. The zero-order chi connectivity index (χ0) is 20.0. The van der Waals surface area contributed by atoms with Crippen LogP contribution >= 0.6 is 34.8 Å². The summed E-state index contributed by atoms with van der Waals surface area (Å²) in [6.07, 6.45) is 0. The summed E-state index contributed by atoms with van der Waals surface area (Å²) in [5.41, 5.74) is 0.541. The number of likely N-dealkylation sites (N-methyl/N-ethyl adjacent to an activating group) is 1. The normalized spacial score (nSPS) is 10.2. The van der Waals surface area contributed by atoms with E-state index in [0.717, 1.165) is 0 Å². The van der Waals surface area contributed by atoms with Gasteiger partial charge in [-0.15, -0.1) is 0 Å². The average Bonchev–Trinajstić information content (AvgIpc) is 2.63. The molecule has 0 heterocycles. The maximum atomic E-state index is 12.1. The van der Waals surface area contributed by atoms with E-state index in [4.69, 9.17) is 34.8 Å². The van der Waals surface area contributed by atoms with Gasteiger partial charge in [0.05, 0.1) is 39.4 Å². The van der Waals surface area contributed by atoms with Gasteiger partial charge in [-0.05, 0) is 24.3 Å². The first-order valence-corrected chi connectivity index (χ1v) is 8.93. The van der Waals surface area contributed by atoms with Crippen LogP contribution in [0.15, 0.2) is 42.5 Å². The van der Waals surface area contributed by atoms with Crippen molar-refractivity contribution in [3.63, 3.8) is 0 Å². The number of nitrogens with zero attached hydrogens (tertiary/aromatic N) is 1. The van der Waals surface area contributed by atoms with Gasteiger partial charge >= 0.3 is 0 Å². The van der Waals surface area contributed by atoms with Crippen molar-refractivity contribution in [2.24, 2.45) is 0 Å². The summed E-state index contributed by atoms with van der Waals surface area (Å²) in [7, 11) is 1.44. The fourth-order valence-corrected chi connectivity index (χ4v) is 2.84. The van der Waals surface area contributed by atoms with Crippen molar-refractivity contribution < 1.29 is 14.4 Å². The Hall–Kier alpha value is -2.28. The first-order valence-electron chi connectivity index (χ1n) is 7.80. The first-order chi connectivity index (χ1) is 12.8. The molecule has 2 aromatic rings. The van der Waals surface area contributed by atoms with Gasteiger partial charge in [0.15, 0.2) is 0 Å². The van der Waals surface area contributed by atoms with Gasteiger partial charge < -0.3 is 15.5 Å². The highest BCUT2D eigenvalue weighted by atomic mass is 35.5. The summed E-state index contributed by atoms with van der Waals surface area (Å²) < 4.78 is 0. The van der Waals surface area contributed by atoms with Crippen LogP contribution in [0.4, 0.5) is 5.69 Å². The Morgan fingerprint density at radius 2 is 1.52 bits per heavy atom. The number of para-hydroxylation sites is 1. The van der Waals surface area contributed by atoms with Gasteiger partial charge in [0, 0.05) is 7.05 Å². The number of carbonyl (C=O) groups excluding carboxylic acids is 3. The van der Waals surface area contributed by atoms with Crippen molar-refractivity contribution in [3.8, 4) is 0 Å². The van der Waals surface area contributed by atoms with Crippen LogP contribution in [0.5, 0.6) is 0 Å². The smallest absolute Gasteiger partial charge is 0.253 e. The number of benzene rings is 2. The fourth-order valence-electron chi connectivity index (χ4n) is 2.13. The maximum Gasteiger partial charge on any atom is 0.253 e. The summed E-state index contributed by atoms with van der Waals surface area (Å²) in [5.74, 6) is -1.40. The summed E-state index contributed by atoms with van der Waals surface area (Å²) in [6.45, 7) is -0.511. The minimum absolute atomic E-state index is 0.234. The summed E-state index contributed by atoms with van der Waals surface area (Å²) in [6, 6.07) is 11.3. The highest BCUT2D eigenvalue weighted by Gasteiger charge is 2.17. The number of rotatable bonds is 6. The molecular formula is C18H16Cl3N3O3. The monoisotopic (exact) mass is 427 g/mol. The number of hydrogen-bond acceptors (Lipinski definition) is 3. The molecule has 0 aliphatic heterocycles. The number of anilines is 1. The predicted octanol–water partition coefficient (Wildman–Crippen LogP) is 3.47. The van der Waals surface area contributed by atoms with E-state index in [1.54, 1.807) is 42.5 Å². The Kier molecular flexibility index (Phi) is 7.47. The Morgan fingerprint density at radius 1 is 0.926 bits per heavy atom.